The van der Waals surface area contributed by atoms with Gasteiger partial charge in [0.25, 0.3) is 0 Å². The van der Waals surface area contributed by atoms with Crippen LogP contribution in [0.3, 0.4) is 0 Å². The average molecular weight is 342 g/mol. The smallest absolute Gasteiger partial charge is 0.216 e. The number of carbonyl (C=O) groups excluding carboxylic acids is 1. The van der Waals surface area contributed by atoms with Crippen LogP contribution in [0.5, 0.6) is 0 Å². The highest BCUT2D eigenvalue weighted by Crippen LogP contribution is 2.34. The number of carbonyl (C=O) groups is 1. The second-order valence-corrected chi connectivity index (χ2v) is 10.5. The molecule has 1 aromatic carbocycles. The van der Waals surface area contributed by atoms with Crippen molar-refractivity contribution in [2.75, 3.05) is 6.54 Å². The minimum atomic E-state index is -0.669. The molecule has 0 spiro atoms. The minimum absolute atomic E-state index is 0.00553. The van der Waals surface area contributed by atoms with Gasteiger partial charge in [-0.1, -0.05) is 44.5 Å². The molecule has 0 atom stereocenters. The Kier molecular flexibility index (Phi) is 6.65. The van der Waals surface area contributed by atoms with Crippen LogP contribution in [0, 0.1) is 0 Å². The first kappa shape index (κ1) is 19.2. The summed E-state index contributed by atoms with van der Waals surface area (Å²) in [6, 6.07) is 6.02. The maximum atomic E-state index is 10.9. The number of amides is 1. The van der Waals surface area contributed by atoms with Gasteiger partial charge in [0.15, 0.2) is 9.76 Å². The lowest BCUT2D eigenvalue weighted by Crippen LogP contribution is -2.28. The van der Waals surface area contributed by atoms with Gasteiger partial charge < -0.3 is 9.74 Å². The summed E-state index contributed by atoms with van der Waals surface area (Å²) in [6.07, 6.45) is 0.788. The Labute approximate surface area is 141 Å². The number of halogens is 1. The van der Waals surface area contributed by atoms with Crippen LogP contribution >= 0.6 is 11.6 Å². The number of hydrogen-bond acceptors (Lipinski definition) is 2. The second-order valence-electron chi connectivity index (χ2n) is 7.41. The first-order valence-electron chi connectivity index (χ1n) is 7.68. The Morgan fingerprint density at radius 1 is 1.27 bits per heavy atom. The molecule has 1 amide bonds. The van der Waals surface area contributed by atoms with Crippen LogP contribution in [-0.2, 0) is 21.2 Å². The van der Waals surface area contributed by atoms with Crippen LogP contribution in [-0.4, -0.2) is 22.2 Å². The fourth-order valence-corrected chi connectivity index (χ4v) is 3.34. The number of benzene rings is 1. The monoisotopic (exact) mass is 341 g/mol. The summed E-state index contributed by atoms with van der Waals surface area (Å²) in [5.41, 5.74) is 1.79. The van der Waals surface area contributed by atoms with E-state index in [9.17, 15) is 4.79 Å². The first-order valence-corrected chi connectivity index (χ1v) is 9.35. The zero-order valence-electron chi connectivity index (χ0n) is 14.5. The third kappa shape index (κ3) is 6.51. The van der Waals surface area contributed by atoms with Gasteiger partial charge in [-0.25, -0.2) is 0 Å². The van der Waals surface area contributed by atoms with Crippen molar-refractivity contribution in [1.82, 2.24) is 5.32 Å². The van der Waals surface area contributed by atoms with Crippen molar-refractivity contribution in [3.05, 3.63) is 34.3 Å². The molecular formula is C17H28ClNO2Si. The molecule has 3 nitrogen and oxygen atoms in total. The van der Waals surface area contributed by atoms with Crippen LogP contribution in [0.1, 0.15) is 52.7 Å². The molecule has 124 valence electrons. The molecule has 0 aromatic heterocycles. The first-order chi connectivity index (χ1) is 10.0. The molecule has 0 bridgehead atoms. The topological polar surface area (TPSA) is 38.3 Å². The van der Waals surface area contributed by atoms with Crippen LogP contribution in [0.25, 0.3) is 0 Å². The van der Waals surface area contributed by atoms with Gasteiger partial charge in [-0.2, -0.15) is 0 Å². The van der Waals surface area contributed by atoms with Crippen molar-refractivity contribution in [3.8, 4) is 0 Å². The lowest BCUT2D eigenvalue weighted by molar-refractivity contribution is -0.118. The molecule has 1 aromatic rings. The fraction of sp³-hybridized carbons (Fsp3) is 0.588. The van der Waals surface area contributed by atoms with Gasteiger partial charge in [-0.05, 0) is 36.9 Å². The standard InChI is InChI=1S/C17H28ClNO2Si/c1-12(20)19-10-9-13-7-8-15(18)14(11-13)17(5,6)21-22-16(2,3)4/h7-8,11H,9-10,22H2,1-6H3,(H,19,20). The van der Waals surface area contributed by atoms with E-state index in [4.69, 9.17) is 16.0 Å². The highest BCUT2D eigenvalue weighted by atomic mass is 35.5. The van der Waals surface area contributed by atoms with Gasteiger partial charge in [0.1, 0.15) is 0 Å². The minimum Gasteiger partial charge on any atom is -0.414 e. The summed E-state index contributed by atoms with van der Waals surface area (Å²) in [5, 5.41) is 3.79. The van der Waals surface area contributed by atoms with E-state index in [1.165, 1.54) is 6.92 Å². The van der Waals surface area contributed by atoms with E-state index in [1.807, 2.05) is 12.1 Å². The van der Waals surface area contributed by atoms with E-state index in [2.05, 4.69) is 46.0 Å². The third-order valence-corrected chi connectivity index (χ3v) is 5.39. The molecule has 0 fully saturated rings. The molecule has 1 rings (SSSR count). The number of hydrogen-bond donors (Lipinski definition) is 1. The summed E-state index contributed by atoms with van der Waals surface area (Å²) >= 11 is 6.38. The molecule has 0 saturated heterocycles. The van der Waals surface area contributed by atoms with Crippen molar-refractivity contribution in [2.45, 2.75) is 58.6 Å². The van der Waals surface area contributed by atoms with Gasteiger partial charge in [-0.3, -0.25) is 4.79 Å². The van der Waals surface area contributed by atoms with Crippen molar-refractivity contribution in [3.63, 3.8) is 0 Å². The van der Waals surface area contributed by atoms with E-state index in [1.54, 1.807) is 0 Å². The van der Waals surface area contributed by atoms with Crippen molar-refractivity contribution >= 4 is 27.3 Å². The van der Waals surface area contributed by atoms with Crippen molar-refractivity contribution in [1.29, 1.82) is 0 Å². The summed E-state index contributed by atoms with van der Waals surface area (Å²) in [4.78, 5) is 10.9. The zero-order valence-corrected chi connectivity index (χ0v) is 16.7. The third-order valence-electron chi connectivity index (χ3n) is 3.33. The van der Waals surface area contributed by atoms with Crippen LogP contribution in [0.4, 0.5) is 0 Å². The maximum Gasteiger partial charge on any atom is 0.216 e. The summed E-state index contributed by atoms with van der Waals surface area (Å²) in [5.74, 6) is -0.00553. The van der Waals surface area contributed by atoms with Crippen LogP contribution in [0.2, 0.25) is 10.1 Å². The molecule has 0 saturated carbocycles. The van der Waals surface area contributed by atoms with E-state index in [0.29, 0.717) is 6.54 Å². The summed E-state index contributed by atoms with van der Waals surface area (Å²) < 4.78 is 6.24. The fourth-order valence-electron chi connectivity index (χ4n) is 2.05. The van der Waals surface area contributed by atoms with Gasteiger partial charge >= 0.3 is 0 Å². The largest absolute Gasteiger partial charge is 0.414 e. The van der Waals surface area contributed by atoms with Gasteiger partial charge in [0.05, 0.1) is 5.60 Å². The molecule has 22 heavy (non-hydrogen) atoms. The van der Waals surface area contributed by atoms with Crippen molar-refractivity contribution < 1.29 is 9.22 Å². The molecule has 0 aliphatic carbocycles. The SMILES string of the molecule is CC(=O)NCCc1ccc(Cl)c(C(C)(C)O[SiH2]C(C)(C)C)c1. The average Bonchev–Trinajstić information content (AvgIpc) is 2.37. The quantitative estimate of drug-likeness (QED) is 0.803. The molecular weight excluding hydrogens is 314 g/mol. The highest BCUT2D eigenvalue weighted by Gasteiger charge is 2.26. The zero-order chi connectivity index (χ0) is 17.0. The lowest BCUT2D eigenvalue weighted by Gasteiger charge is -2.31. The summed E-state index contributed by atoms with van der Waals surface area (Å²) in [6.45, 7) is 12.9. The molecule has 1 N–H and O–H groups in total. The predicted molar refractivity (Wildman–Crippen MR) is 96.2 cm³/mol. The van der Waals surface area contributed by atoms with Gasteiger partial charge in [0, 0.05) is 24.1 Å². The molecule has 0 aliphatic heterocycles. The van der Waals surface area contributed by atoms with Gasteiger partial charge in [-0.15, -0.1) is 0 Å². The van der Waals surface area contributed by atoms with E-state index in [-0.39, 0.29) is 16.5 Å². The second kappa shape index (κ2) is 7.62. The Hall–Kier alpha value is -0.843. The summed E-state index contributed by atoms with van der Waals surface area (Å²) in [7, 11) is -0.669. The Bertz CT molecular complexity index is 524. The van der Waals surface area contributed by atoms with E-state index >= 15 is 0 Å². The molecule has 0 aliphatic rings. The Balaban J connectivity index is 2.85. The van der Waals surface area contributed by atoms with Crippen LogP contribution in [0.15, 0.2) is 18.2 Å². The highest BCUT2D eigenvalue weighted by molar-refractivity contribution is 6.32. The molecule has 0 radical (unpaired) electrons. The molecule has 0 unspecified atom stereocenters. The normalized spacial score (nSPS) is 12.9. The predicted octanol–water partition coefficient (Wildman–Crippen LogP) is 3.57. The number of nitrogens with one attached hydrogen (secondary N) is 1. The Morgan fingerprint density at radius 3 is 2.45 bits per heavy atom. The van der Waals surface area contributed by atoms with Crippen LogP contribution < -0.4 is 5.32 Å². The van der Waals surface area contributed by atoms with Gasteiger partial charge in [0.2, 0.25) is 5.91 Å². The molecule has 5 heteroatoms. The maximum absolute atomic E-state index is 10.9. The van der Waals surface area contributed by atoms with Crippen molar-refractivity contribution in [2.24, 2.45) is 0 Å². The lowest BCUT2D eigenvalue weighted by atomic mass is 9.95. The van der Waals surface area contributed by atoms with E-state index < -0.39 is 9.76 Å². The number of rotatable bonds is 6. The molecule has 0 heterocycles. The van der Waals surface area contributed by atoms with E-state index in [0.717, 1.165) is 22.6 Å². The Morgan fingerprint density at radius 2 is 1.91 bits per heavy atom.